The molecule has 36 heavy (non-hydrogen) atoms. The Balaban J connectivity index is 1.82. The molecule has 0 aromatic heterocycles. The molecule has 0 aliphatic carbocycles. The van der Waals surface area contributed by atoms with Crippen LogP contribution in [0.3, 0.4) is 0 Å². The van der Waals surface area contributed by atoms with E-state index in [1.807, 2.05) is 19.9 Å². The lowest BCUT2D eigenvalue weighted by Crippen LogP contribution is -2.49. The number of nitrogens with zero attached hydrogens (tertiary/aromatic N) is 2. The fourth-order valence-corrected chi connectivity index (χ4v) is 5.76. The molecule has 1 aliphatic rings. The topological polar surface area (TPSA) is 113 Å². The molecular weight excluding hydrogens is 482 g/mol. The molecule has 0 radical (unpaired) electrons. The van der Waals surface area contributed by atoms with Gasteiger partial charge in [0.05, 0.1) is 12.7 Å². The minimum atomic E-state index is -4.02. The van der Waals surface area contributed by atoms with Gasteiger partial charge in [-0.25, -0.2) is 12.7 Å². The molecule has 3 amide bonds. The average molecular weight is 516 g/mol. The predicted octanol–water partition coefficient (Wildman–Crippen LogP) is 2.95. The molecule has 0 fully saturated rings. The molecule has 10 heteroatoms. The van der Waals surface area contributed by atoms with E-state index in [2.05, 4.69) is 5.32 Å². The van der Waals surface area contributed by atoms with E-state index in [-0.39, 0.29) is 35.9 Å². The first-order valence-corrected chi connectivity index (χ1v) is 13.5. The van der Waals surface area contributed by atoms with Crippen LogP contribution in [0.5, 0.6) is 5.75 Å². The number of methoxy groups -OCH3 is 1. The fourth-order valence-electron chi connectivity index (χ4n) is 4.19. The summed E-state index contributed by atoms with van der Waals surface area (Å²) in [5.41, 5.74) is 0.861. The fraction of sp³-hybridized carbons (Fsp3) is 0.423. The molecule has 2 aromatic carbocycles. The lowest BCUT2D eigenvalue weighted by atomic mass is 10.1. The van der Waals surface area contributed by atoms with Crippen molar-refractivity contribution < 1.29 is 27.5 Å². The number of hydrogen-bond donors (Lipinski definition) is 1. The summed E-state index contributed by atoms with van der Waals surface area (Å²) < 4.78 is 31.8. The number of amides is 3. The van der Waals surface area contributed by atoms with Crippen LogP contribution in [0.15, 0.2) is 53.4 Å². The van der Waals surface area contributed by atoms with Crippen molar-refractivity contribution in [1.29, 1.82) is 0 Å². The lowest BCUT2D eigenvalue weighted by molar-refractivity contribution is -0.141. The first kappa shape index (κ1) is 27.2. The Morgan fingerprint density at radius 2 is 1.86 bits per heavy atom. The third-order valence-electron chi connectivity index (χ3n) is 6.14. The Labute approximate surface area is 212 Å². The van der Waals surface area contributed by atoms with E-state index in [0.29, 0.717) is 18.7 Å². The second-order valence-electron chi connectivity index (χ2n) is 8.57. The third-order valence-corrected chi connectivity index (χ3v) is 7.98. The highest BCUT2D eigenvalue weighted by Gasteiger charge is 2.41. The molecular formula is C26H33N3O6S. The van der Waals surface area contributed by atoms with Crippen molar-refractivity contribution in [1.82, 2.24) is 14.5 Å². The number of ether oxygens (including phenoxy) is 1. The largest absolute Gasteiger partial charge is 0.497 e. The molecule has 1 heterocycles. The summed E-state index contributed by atoms with van der Waals surface area (Å²) >= 11 is 0. The third kappa shape index (κ3) is 5.87. The zero-order valence-corrected chi connectivity index (χ0v) is 21.7. The maximum absolute atomic E-state index is 13.5. The normalized spacial score (nSPS) is 14.8. The van der Waals surface area contributed by atoms with Crippen molar-refractivity contribution in [3.05, 3.63) is 59.7 Å². The summed E-state index contributed by atoms with van der Waals surface area (Å²) in [5, 5.41) is 2.89. The van der Waals surface area contributed by atoms with Crippen molar-refractivity contribution in [3.63, 3.8) is 0 Å². The minimum absolute atomic E-state index is 0.0579. The van der Waals surface area contributed by atoms with Gasteiger partial charge in [0, 0.05) is 26.1 Å². The van der Waals surface area contributed by atoms with Crippen molar-refractivity contribution in [2.24, 2.45) is 0 Å². The number of benzene rings is 2. The van der Waals surface area contributed by atoms with E-state index in [9.17, 15) is 22.8 Å². The van der Waals surface area contributed by atoms with E-state index in [1.165, 1.54) is 17.0 Å². The second-order valence-corrected chi connectivity index (χ2v) is 10.4. The number of unbranched alkanes of at least 4 members (excludes halogenated alkanes) is 1. The Morgan fingerprint density at radius 1 is 1.11 bits per heavy atom. The number of rotatable bonds is 12. The molecule has 0 saturated carbocycles. The van der Waals surface area contributed by atoms with E-state index in [1.54, 1.807) is 37.4 Å². The van der Waals surface area contributed by atoms with Gasteiger partial charge in [0.25, 0.3) is 15.9 Å². The minimum Gasteiger partial charge on any atom is -0.497 e. The quantitative estimate of drug-likeness (QED) is 0.435. The summed E-state index contributed by atoms with van der Waals surface area (Å²) in [7, 11) is -2.48. The SMILES string of the molecule is CCCCNC(=O)[C@@H](CC)N(Cc1cccc(OC)c1)C(=O)CCN1C(=O)c2ccccc2S1(=O)=O. The number of hydrogen-bond acceptors (Lipinski definition) is 6. The van der Waals surface area contributed by atoms with Crippen LogP contribution in [0, 0.1) is 0 Å². The molecule has 2 aromatic rings. The lowest BCUT2D eigenvalue weighted by Gasteiger charge is -2.31. The Hall–Kier alpha value is -3.40. The van der Waals surface area contributed by atoms with E-state index in [0.717, 1.165) is 22.7 Å². The van der Waals surface area contributed by atoms with Crippen LogP contribution < -0.4 is 10.1 Å². The van der Waals surface area contributed by atoms with Gasteiger partial charge in [-0.05, 0) is 42.7 Å². The standard InChI is InChI=1S/C26H33N3O6S/c1-4-6-15-27-25(31)22(5-2)28(18-19-10-9-11-20(17-19)35-3)24(30)14-16-29-26(32)21-12-7-8-13-23(21)36(29,33)34/h7-13,17,22H,4-6,14-16,18H2,1-3H3,(H,27,31)/t22-/m1/s1. The van der Waals surface area contributed by atoms with Gasteiger partial charge in [-0.2, -0.15) is 0 Å². The predicted molar refractivity (Wildman–Crippen MR) is 135 cm³/mol. The van der Waals surface area contributed by atoms with Gasteiger partial charge in [-0.3, -0.25) is 14.4 Å². The van der Waals surface area contributed by atoms with Crippen LogP contribution >= 0.6 is 0 Å². The summed E-state index contributed by atoms with van der Waals surface area (Å²) in [5.74, 6) is -0.720. The number of fused-ring (bicyclic) bond motifs is 1. The zero-order chi connectivity index (χ0) is 26.3. The highest BCUT2D eigenvalue weighted by atomic mass is 32.2. The second kappa shape index (κ2) is 12.0. The van der Waals surface area contributed by atoms with Crippen molar-refractivity contribution in [2.75, 3.05) is 20.2 Å². The first-order valence-electron chi connectivity index (χ1n) is 12.1. The van der Waals surface area contributed by atoms with Gasteiger partial charge in [0.15, 0.2) is 0 Å². The Morgan fingerprint density at radius 3 is 2.53 bits per heavy atom. The average Bonchev–Trinajstić information content (AvgIpc) is 3.07. The van der Waals surface area contributed by atoms with Gasteiger partial charge in [0.2, 0.25) is 11.8 Å². The van der Waals surface area contributed by atoms with Gasteiger partial charge >= 0.3 is 0 Å². The highest BCUT2D eigenvalue weighted by Crippen LogP contribution is 2.30. The summed E-state index contributed by atoms with van der Waals surface area (Å²) in [6, 6.07) is 12.4. The van der Waals surface area contributed by atoms with Crippen molar-refractivity contribution in [3.8, 4) is 5.75 Å². The number of carbonyl (C=O) groups excluding carboxylic acids is 3. The molecule has 1 N–H and O–H groups in total. The summed E-state index contributed by atoms with van der Waals surface area (Å²) in [4.78, 5) is 40.6. The molecule has 3 rings (SSSR count). The number of carbonyl (C=O) groups is 3. The Kier molecular flexibility index (Phi) is 9.08. The van der Waals surface area contributed by atoms with Crippen LogP contribution in [0.2, 0.25) is 0 Å². The van der Waals surface area contributed by atoms with Crippen molar-refractivity contribution >= 4 is 27.7 Å². The number of nitrogens with one attached hydrogen (secondary N) is 1. The highest BCUT2D eigenvalue weighted by molar-refractivity contribution is 7.90. The Bertz CT molecular complexity index is 1210. The smallest absolute Gasteiger partial charge is 0.269 e. The van der Waals surface area contributed by atoms with Gasteiger partial charge in [-0.1, -0.05) is 44.5 Å². The van der Waals surface area contributed by atoms with Gasteiger partial charge in [0.1, 0.15) is 16.7 Å². The monoisotopic (exact) mass is 515 g/mol. The van der Waals surface area contributed by atoms with E-state index < -0.39 is 27.9 Å². The van der Waals surface area contributed by atoms with Crippen LogP contribution in [-0.4, -0.2) is 61.6 Å². The molecule has 1 aliphatic heterocycles. The van der Waals surface area contributed by atoms with Gasteiger partial charge in [-0.15, -0.1) is 0 Å². The van der Waals surface area contributed by atoms with E-state index in [4.69, 9.17) is 4.74 Å². The van der Waals surface area contributed by atoms with Crippen LogP contribution in [-0.2, 0) is 26.2 Å². The van der Waals surface area contributed by atoms with Crippen molar-refractivity contribution in [2.45, 2.75) is 57.0 Å². The molecule has 0 spiro atoms. The summed E-state index contributed by atoms with van der Waals surface area (Å²) in [6.07, 6.45) is 1.87. The van der Waals surface area contributed by atoms with Crippen LogP contribution in [0.25, 0.3) is 0 Å². The molecule has 194 valence electrons. The number of sulfonamides is 1. The maximum atomic E-state index is 13.5. The zero-order valence-electron chi connectivity index (χ0n) is 20.9. The van der Waals surface area contributed by atoms with Gasteiger partial charge < -0.3 is 15.0 Å². The molecule has 0 saturated heterocycles. The van der Waals surface area contributed by atoms with E-state index >= 15 is 0 Å². The molecule has 0 unspecified atom stereocenters. The van der Waals surface area contributed by atoms with Crippen LogP contribution in [0.1, 0.15) is 55.5 Å². The maximum Gasteiger partial charge on any atom is 0.269 e. The molecule has 0 bridgehead atoms. The molecule has 1 atom stereocenters. The summed E-state index contributed by atoms with van der Waals surface area (Å²) in [6.45, 7) is 4.18. The van der Waals surface area contributed by atoms with Crippen LogP contribution in [0.4, 0.5) is 0 Å². The molecule has 9 nitrogen and oxygen atoms in total. The first-order chi connectivity index (χ1) is 17.2.